The van der Waals surface area contributed by atoms with Crippen molar-refractivity contribution in [2.24, 2.45) is 0 Å². The molecule has 122 valence electrons. The summed E-state index contributed by atoms with van der Waals surface area (Å²) < 4.78 is 5.53. The molecule has 2 atom stereocenters. The average molecular weight is 333 g/mol. The van der Waals surface area contributed by atoms with Crippen LogP contribution in [-0.2, 0) is 16.0 Å². The number of aromatic nitrogens is 1. The molecule has 1 aromatic carbocycles. The molecule has 0 aliphatic carbocycles. The summed E-state index contributed by atoms with van der Waals surface area (Å²) in [5.41, 5.74) is 2.68. The molecule has 0 saturated heterocycles. The summed E-state index contributed by atoms with van der Waals surface area (Å²) in [5, 5.41) is 3.60. The highest BCUT2D eigenvalue weighted by Crippen LogP contribution is 2.27. The van der Waals surface area contributed by atoms with Crippen LogP contribution in [0.5, 0.6) is 0 Å². The van der Waals surface area contributed by atoms with Crippen molar-refractivity contribution in [1.29, 1.82) is 0 Å². The van der Waals surface area contributed by atoms with Crippen LogP contribution in [0.4, 0.5) is 0 Å². The standard InChI is InChI=1S/C18H21ClN2O2/c1-12-8-9-14(11-20-12)10-17(22)21-13(2)18(23-3)15-6-4-5-7-16(15)19/h4-9,11,13,18H,10H2,1-3H3,(H,21,22)/t13-,18-/m1/s1. The molecule has 1 N–H and O–H groups in total. The lowest BCUT2D eigenvalue weighted by Crippen LogP contribution is -2.38. The van der Waals surface area contributed by atoms with Crippen molar-refractivity contribution >= 4 is 17.5 Å². The van der Waals surface area contributed by atoms with E-state index in [1.165, 1.54) is 0 Å². The van der Waals surface area contributed by atoms with Gasteiger partial charge in [-0.05, 0) is 31.5 Å². The molecule has 23 heavy (non-hydrogen) atoms. The lowest BCUT2D eigenvalue weighted by atomic mass is 10.0. The van der Waals surface area contributed by atoms with Gasteiger partial charge in [-0.1, -0.05) is 35.9 Å². The number of amides is 1. The first-order valence-corrected chi connectivity index (χ1v) is 7.87. The molecule has 0 radical (unpaired) electrons. The van der Waals surface area contributed by atoms with Crippen LogP contribution in [0.1, 0.15) is 29.8 Å². The van der Waals surface area contributed by atoms with E-state index in [9.17, 15) is 4.79 Å². The topological polar surface area (TPSA) is 51.2 Å². The summed E-state index contributed by atoms with van der Waals surface area (Å²) in [6.07, 6.45) is 1.71. The third kappa shape index (κ3) is 4.78. The summed E-state index contributed by atoms with van der Waals surface area (Å²) in [6.45, 7) is 3.82. The molecule has 1 amide bonds. The summed E-state index contributed by atoms with van der Waals surface area (Å²) >= 11 is 6.22. The van der Waals surface area contributed by atoms with Crippen LogP contribution in [0.25, 0.3) is 0 Å². The van der Waals surface area contributed by atoms with E-state index in [1.54, 1.807) is 13.3 Å². The fourth-order valence-corrected chi connectivity index (χ4v) is 2.72. The van der Waals surface area contributed by atoms with Crippen LogP contribution >= 0.6 is 11.6 Å². The van der Waals surface area contributed by atoms with Gasteiger partial charge in [0.15, 0.2) is 0 Å². The Morgan fingerprint density at radius 3 is 2.65 bits per heavy atom. The summed E-state index contributed by atoms with van der Waals surface area (Å²) in [4.78, 5) is 16.4. The Labute approximate surface area is 141 Å². The Hall–Kier alpha value is -1.91. The number of carbonyl (C=O) groups excluding carboxylic acids is 1. The van der Waals surface area contributed by atoms with Crippen molar-refractivity contribution in [3.05, 3.63) is 64.4 Å². The van der Waals surface area contributed by atoms with Gasteiger partial charge in [0.1, 0.15) is 6.10 Å². The second-order valence-corrected chi connectivity index (χ2v) is 5.93. The number of aryl methyl sites for hydroxylation is 1. The van der Waals surface area contributed by atoms with E-state index in [0.29, 0.717) is 5.02 Å². The van der Waals surface area contributed by atoms with Gasteiger partial charge in [0.25, 0.3) is 0 Å². The molecule has 4 nitrogen and oxygen atoms in total. The molecule has 0 aliphatic rings. The lowest BCUT2D eigenvalue weighted by molar-refractivity contribution is -0.122. The maximum absolute atomic E-state index is 12.2. The van der Waals surface area contributed by atoms with E-state index in [4.69, 9.17) is 16.3 Å². The molecule has 0 spiro atoms. The largest absolute Gasteiger partial charge is 0.375 e. The van der Waals surface area contributed by atoms with Crippen LogP contribution in [0.15, 0.2) is 42.6 Å². The zero-order valence-corrected chi connectivity index (χ0v) is 14.3. The van der Waals surface area contributed by atoms with Crippen molar-refractivity contribution in [1.82, 2.24) is 10.3 Å². The van der Waals surface area contributed by atoms with Crippen molar-refractivity contribution < 1.29 is 9.53 Å². The van der Waals surface area contributed by atoms with Gasteiger partial charge in [0.2, 0.25) is 5.91 Å². The number of pyridine rings is 1. The number of halogens is 1. The smallest absolute Gasteiger partial charge is 0.224 e. The number of carbonyl (C=O) groups is 1. The first-order valence-electron chi connectivity index (χ1n) is 7.49. The van der Waals surface area contributed by atoms with Crippen LogP contribution < -0.4 is 5.32 Å². The van der Waals surface area contributed by atoms with Crippen LogP contribution in [-0.4, -0.2) is 24.0 Å². The number of methoxy groups -OCH3 is 1. The molecule has 2 rings (SSSR count). The maximum Gasteiger partial charge on any atom is 0.224 e. The molecule has 1 aromatic heterocycles. The van der Waals surface area contributed by atoms with Crippen LogP contribution in [0.3, 0.4) is 0 Å². The summed E-state index contributed by atoms with van der Waals surface area (Å²) in [6, 6.07) is 11.1. The normalized spacial score (nSPS) is 13.4. The van der Waals surface area contributed by atoms with Gasteiger partial charge in [-0.3, -0.25) is 9.78 Å². The summed E-state index contributed by atoms with van der Waals surface area (Å²) in [5.74, 6) is -0.0720. The molecule has 0 fully saturated rings. The van der Waals surface area contributed by atoms with Crippen molar-refractivity contribution in [3.8, 4) is 0 Å². The SMILES string of the molecule is CO[C@@H](c1ccccc1Cl)[C@@H](C)NC(=O)Cc1ccc(C)nc1. The second kappa shape index (κ2) is 8.09. The Morgan fingerprint density at radius 1 is 1.30 bits per heavy atom. The maximum atomic E-state index is 12.2. The van der Waals surface area contributed by atoms with Gasteiger partial charge in [0.05, 0.1) is 12.5 Å². The van der Waals surface area contributed by atoms with E-state index in [1.807, 2.05) is 50.2 Å². The number of nitrogens with one attached hydrogen (secondary N) is 1. The first kappa shape index (κ1) is 17.4. The highest BCUT2D eigenvalue weighted by atomic mass is 35.5. The summed E-state index contributed by atoms with van der Waals surface area (Å²) in [7, 11) is 1.61. The van der Waals surface area contributed by atoms with Gasteiger partial charge < -0.3 is 10.1 Å². The molecule has 0 unspecified atom stereocenters. The molecule has 0 aliphatic heterocycles. The lowest BCUT2D eigenvalue weighted by Gasteiger charge is -2.25. The Kier molecular flexibility index (Phi) is 6.13. The Balaban J connectivity index is 2.01. The number of hydrogen-bond acceptors (Lipinski definition) is 3. The predicted octanol–water partition coefficient (Wildman–Crippen LogP) is 3.48. The minimum Gasteiger partial charge on any atom is -0.375 e. The minimum atomic E-state index is -0.302. The van der Waals surface area contributed by atoms with Crippen molar-refractivity contribution in [2.45, 2.75) is 32.4 Å². The number of ether oxygens (including phenoxy) is 1. The third-order valence-corrected chi connectivity index (χ3v) is 3.99. The highest BCUT2D eigenvalue weighted by Gasteiger charge is 2.22. The Bertz CT molecular complexity index is 658. The number of nitrogens with zero attached hydrogens (tertiary/aromatic N) is 1. The molecule has 2 aromatic rings. The quantitative estimate of drug-likeness (QED) is 0.881. The van der Waals surface area contributed by atoms with E-state index in [0.717, 1.165) is 16.8 Å². The average Bonchev–Trinajstić information content (AvgIpc) is 2.52. The number of rotatable bonds is 6. The first-order chi connectivity index (χ1) is 11.0. The fourth-order valence-electron chi connectivity index (χ4n) is 2.48. The number of benzene rings is 1. The Morgan fingerprint density at radius 2 is 2.04 bits per heavy atom. The van der Waals surface area contributed by atoms with E-state index in [2.05, 4.69) is 10.3 Å². The fraction of sp³-hybridized carbons (Fsp3) is 0.333. The number of hydrogen-bond donors (Lipinski definition) is 1. The zero-order chi connectivity index (χ0) is 16.8. The van der Waals surface area contributed by atoms with Crippen LogP contribution in [0.2, 0.25) is 5.02 Å². The van der Waals surface area contributed by atoms with Gasteiger partial charge in [-0.2, -0.15) is 0 Å². The molecule has 0 saturated carbocycles. The van der Waals surface area contributed by atoms with E-state index in [-0.39, 0.29) is 24.5 Å². The zero-order valence-electron chi connectivity index (χ0n) is 13.5. The van der Waals surface area contributed by atoms with Gasteiger partial charge in [-0.15, -0.1) is 0 Å². The molecule has 0 bridgehead atoms. The van der Waals surface area contributed by atoms with Crippen molar-refractivity contribution in [3.63, 3.8) is 0 Å². The van der Waals surface area contributed by atoms with Gasteiger partial charge in [-0.25, -0.2) is 0 Å². The van der Waals surface area contributed by atoms with Gasteiger partial charge in [0, 0.05) is 29.6 Å². The third-order valence-electron chi connectivity index (χ3n) is 3.65. The second-order valence-electron chi connectivity index (χ2n) is 5.52. The molecule has 5 heteroatoms. The molecule has 1 heterocycles. The van der Waals surface area contributed by atoms with Crippen molar-refractivity contribution in [2.75, 3.05) is 7.11 Å². The van der Waals surface area contributed by atoms with E-state index >= 15 is 0 Å². The van der Waals surface area contributed by atoms with E-state index < -0.39 is 0 Å². The molecular formula is C18H21ClN2O2. The highest BCUT2D eigenvalue weighted by molar-refractivity contribution is 6.31. The molecular weight excluding hydrogens is 312 g/mol. The predicted molar refractivity (Wildman–Crippen MR) is 91.5 cm³/mol. The monoisotopic (exact) mass is 332 g/mol. The van der Waals surface area contributed by atoms with Gasteiger partial charge >= 0.3 is 0 Å². The van der Waals surface area contributed by atoms with Crippen LogP contribution in [0, 0.1) is 6.92 Å². The minimum absolute atomic E-state index is 0.0720.